The SMILES string of the molecule is CC1CN(C(=O)C(=O)O)c2ccccc2S1. The van der Waals surface area contributed by atoms with Crippen molar-refractivity contribution < 1.29 is 14.7 Å². The summed E-state index contributed by atoms with van der Waals surface area (Å²) >= 11 is 1.66. The summed E-state index contributed by atoms with van der Waals surface area (Å²) in [5.41, 5.74) is 0.693. The molecule has 0 saturated heterocycles. The first-order chi connectivity index (χ1) is 7.59. The van der Waals surface area contributed by atoms with E-state index in [4.69, 9.17) is 5.11 Å². The highest BCUT2D eigenvalue weighted by Crippen LogP contribution is 2.37. The summed E-state index contributed by atoms with van der Waals surface area (Å²) in [6.07, 6.45) is 0. The molecule has 1 N–H and O–H groups in total. The molecule has 1 amide bonds. The van der Waals surface area contributed by atoms with Crippen LogP contribution >= 0.6 is 11.8 Å². The second-order valence-corrected chi connectivity index (χ2v) is 5.10. The number of carbonyl (C=O) groups excluding carboxylic acids is 1. The Kier molecular flexibility index (Phi) is 2.87. The van der Waals surface area contributed by atoms with Crippen molar-refractivity contribution in [1.29, 1.82) is 0 Å². The average Bonchev–Trinajstić information content (AvgIpc) is 2.26. The molecule has 16 heavy (non-hydrogen) atoms. The summed E-state index contributed by atoms with van der Waals surface area (Å²) in [5, 5.41) is 8.95. The number of nitrogens with zero attached hydrogens (tertiary/aromatic N) is 1. The van der Waals surface area contributed by atoms with E-state index in [9.17, 15) is 9.59 Å². The highest BCUT2D eigenvalue weighted by Gasteiger charge is 2.30. The molecule has 5 heteroatoms. The quantitative estimate of drug-likeness (QED) is 0.696. The molecule has 0 spiro atoms. The van der Waals surface area contributed by atoms with Gasteiger partial charge in [0.1, 0.15) is 0 Å². The van der Waals surface area contributed by atoms with Crippen molar-refractivity contribution in [1.82, 2.24) is 0 Å². The highest BCUT2D eigenvalue weighted by atomic mass is 32.2. The van der Waals surface area contributed by atoms with E-state index in [1.807, 2.05) is 19.1 Å². The van der Waals surface area contributed by atoms with Crippen LogP contribution in [-0.2, 0) is 9.59 Å². The summed E-state index contributed by atoms with van der Waals surface area (Å²) in [6, 6.07) is 7.36. The minimum absolute atomic E-state index is 0.207. The molecule has 1 aliphatic heterocycles. The van der Waals surface area contributed by atoms with Crippen molar-refractivity contribution in [2.24, 2.45) is 0 Å². The Morgan fingerprint density at radius 2 is 2.12 bits per heavy atom. The molecule has 4 nitrogen and oxygen atoms in total. The van der Waals surface area contributed by atoms with E-state index in [-0.39, 0.29) is 5.25 Å². The Bertz CT molecular complexity index is 447. The second kappa shape index (κ2) is 4.17. The van der Waals surface area contributed by atoms with Gasteiger partial charge in [0.2, 0.25) is 0 Å². The lowest BCUT2D eigenvalue weighted by Gasteiger charge is -2.31. The van der Waals surface area contributed by atoms with E-state index >= 15 is 0 Å². The molecule has 0 bridgehead atoms. The number of anilines is 1. The van der Waals surface area contributed by atoms with Crippen LogP contribution in [0.5, 0.6) is 0 Å². The van der Waals surface area contributed by atoms with Gasteiger partial charge in [-0.25, -0.2) is 4.79 Å². The number of rotatable bonds is 0. The number of carboxylic acid groups (broad SMARTS) is 1. The third-order valence-electron chi connectivity index (χ3n) is 2.35. The molecule has 1 unspecified atom stereocenters. The molecule has 1 atom stereocenters. The maximum absolute atomic E-state index is 11.5. The summed E-state index contributed by atoms with van der Waals surface area (Å²) in [6.45, 7) is 2.41. The van der Waals surface area contributed by atoms with Crippen molar-refractivity contribution >= 4 is 29.3 Å². The lowest BCUT2D eigenvalue weighted by molar-refractivity contribution is -0.148. The van der Waals surface area contributed by atoms with Gasteiger partial charge in [-0.3, -0.25) is 4.79 Å². The first-order valence-corrected chi connectivity index (χ1v) is 5.78. The number of carboxylic acids is 1. The second-order valence-electron chi connectivity index (χ2n) is 3.62. The molecule has 84 valence electrons. The zero-order valence-corrected chi connectivity index (χ0v) is 9.53. The third-order valence-corrected chi connectivity index (χ3v) is 3.50. The van der Waals surface area contributed by atoms with E-state index in [0.29, 0.717) is 12.2 Å². The molecule has 1 aliphatic rings. The van der Waals surface area contributed by atoms with Crippen molar-refractivity contribution in [2.45, 2.75) is 17.1 Å². The van der Waals surface area contributed by atoms with Crippen LogP contribution in [0.1, 0.15) is 6.92 Å². The van der Waals surface area contributed by atoms with Crippen LogP contribution in [-0.4, -0.2) is 28.8 Å². The van der Waals surface area contributed by atoms with Crippen LogP contribution in [0.3, 0.4) is 0 Å². The van der Waals surface area contributed by atoms with Gasteiger partial charge in [-0.1, -0.05) is 19.1 Å². The van der Waals surface area contributed by atoms with Crippen molar-refractivity contribution in [2.75, 3.05) is 11.4 Å². The minimum Gasteiger partial charge on any atom is -0.474 e. The number of hydrogen-bond donors (Lipinski definition) is 1. The van der Waals surface area contributed by atoms with E-state index in [1.165, 1.54) is 4.90 Å². The van der Waals surface area contributed by atoms with E-state index in [1.54, 1.807) is 23.9 Å². The van der Waals surface area contributed by atoms with Crippen LogP contribution in [0, 0.1) is 0 Å². The van der Waals surface area contributed by atoms with E-state index in [0.717, 1.165) is 4.90 Å². The fourth-order valence-corrected chi connectivity index (χ4v) is 2.81. The molecule has 1 heterocycles. The predicted octanol–water partition coefficient (Wildman–Crippen LogP) is 1.60. The van der Waals surface area contributed by atoms with Gasteiger partial charge in [-0.2, -0.15) is 0 Å². The zero-order valence-electron chi connectivity index (χ0n) is 8.71. The molecule has 2 rings (SSSR count). The Morgan fingerprint density at radius 1 is 1.44 bits per heavy atom. The predicted molar refractivity (Wildman–Crippen MR) is 61.7 cm³/mol. The number of fused-ring (bicyclic) bond motifs is 1. The van der Waals surface area contributed by atoms with E-state index < -0.39 is 11.9 Å². The smallest absolute Gasteiger partial charge is 0.394 e. The average molecular weight is 237 g/mol. The van der Waals surface area contributed by atoms with Gasteiger partial charge in [0.05, 0.1) is 5.69 Å². The van der Waals surface area contributed by atoms with Crippen LogP contribution in [0.4, 0.5) is 5.69 Å². The topological polar surface area (TPSA) is 57.6 Å². The summed E-state index contributed by atoms with van der Waals surface area (Å²) in [4.78, 5) is 24.5. The normalized spacial score (nSPS) is 19.1. The van der Waals surface area contributed by atoms with Gasteiger partial charge in [-0.05, 0) is 12.1 Å². The largest absolute Gasteiger partial charge is 0.474 e. The summed E-state index contributed by atoms with van der Waals surface area (Å²) in [5.74, 6) is -2.27. The number of thioether (sulfide) groups is 1. The standard InChI is InChI=1S/C11H11NO3S/c1-7-6-12(10(13)11(14)15)8-4-2-3-5-9(8)16-7/h2-5,7H,6H2,1H3,(H,14,15). The molecular weight excluding hydrogens is 226 g/mol. The fourth-order valence-electron chi connectivity index (χ4n) is 1.70. The van der Waals surface area contributed by atoms with Gasteiger partial charge >= 0.3 is 11.9 Å². The first-order valence-electron chi connectivity index (χ1n) is 4.90. The number of carbonyl (C=O) groups is 2. The fraction of sp³-hybridized carbons (Fsp3) is 0.273. The van der Waals surface area contributed by atoms with Crippen LogP contribution in [0.15, 0.2) is 29.2 Å². The van der Waals surface area contributed by atoms with Gasteiger partial charge in [-0.15, -0.1) is 11.8 Å². The molecule has 0 fully saturated rings. The molecule has 1 aromatic carbocycles. The van der Waals surface area contributed by atoms with Gasteiger partial charge in [0, 0.05) is 16.7 Å². The van der Waals surface area contributed by atoms with Crippen LogP contribution in [0.25, 0.3) is 0 Å². The monoisotopic (exact) mass is 237 g/mol. The minimum atomic E-state index is -1.41. The van der Waals surface area contributed by atoms with Gasteiger partial charge in [0.15, 0.2) is 0 Å². The lowest BCUT2D eigenvalue weighted by Crippen LogP contribution is -2.42. The molecule has 1 aromatic rings. The third kappa shape index (κ3) is 1.90. The zero-order chi connectivity index (χ0) is 11.7. The molecule has 0 radical (unpaired) electrons. The molecule has 0 aliphatic carbocycles. The highest BCUT2D eigenvalue weighted by molar-refractivity contribution is 8.00. The number of amides is 1. The molecular formula is C11H11NO3S. The lowest BCUT2D eigenvalue weighted by atomic mass is 10.2. The van der Waals surface area contributed by atoms with Gasteiger partial charge in [0.25, 0.3) is 0 Å². The number of para-hydroxylation sites is 1. The number of aliphatic carboxylic acids is 1. The number of benzene rings is 1. The van der Waals surface area contributed by atoms with E-state index in [2.05, 4.69) is 0 Å². The van der Waals surface area contributed by atoms with Crippen LogP contribution < -0.4 is 4.90 Å². The molecule has 0 saturated carbocycles. The van der Waals surface area contributed by atoms with Crippen LogP contribution in [0.2, 0.25) is 0 Å². The Morgan fingerprint density at radius 3 is 2.81 bits per heavy atom. The first kappa shape index (κ1) is 11.0. The summed E-state index contributed by atoms with van der Waals surface area (Å²) in [7, 11) is 0. The Hall–Kier alpha value is -1.49. The van der Waals surface area contributed by atoms with Crippen molar-refractivity contribution in [3.8, 4) is 0 Å². The van der Waals surface area contributed by atoms with Crippen molar-refractivity contribution in [3.05, 3.63) is 24.3 Å². The summed E-state index contributed by atoms with van der Waals surface area (Å²) < 4.78 is 0. The Balaban J connectivity index is 2.41. The number of hydrogen-bond acceptors (Lipinski definition) is 3. The maximum Gasteiger partial charge on any atom is 0.394 e. The van der Waals surface area contributed by atoms with Crippen molar-refractivity contribution in [3.63, 3.8) is 0 Å². The van der Waals surface area contributed by atoms with Gasteiger partial charge < -0.3 is 10.0 Å². The Labute approximate surface area is 97.3 Å². The molecule has 0 aromatic heterocycles. The maximum atomic E-state index is 11.5.